The molecule has 0 aliphatic carbocycles. The fourth-order valence-electron chi connectivity index (χ4n) is 0.771. The molecule has 92 valence electrons. The maximum Gasteiger partial charge on any atom is 0.332 e. The van der Waals surface area contributed by atoms with Crippen molar-refractivity contribution in [2.45, 2.75) is 20.0 Å². The maximum atomic E-state index is 11.7. The molecule has 0 heterocycles. The average molecular weight is 242 g/mol. The van der Waals surface area contributed by atoms with E-state index in [2.05, 4.69) is 0 Å². The first-order valence-corrected chi connectivity index (χ1v) is 6.55. The van der Waals surface area contributed by atoms with Gasteiger partial charge in [-0.15, -0.1) is 0 Å². The van der Waals surface area contributed by atoms with Gasteiger partial charge in [0.05, 0.1) is 19.8 Å². The Bertz CT molecular complexity index is 198. The predicted molar refractivity (Wildman–Crippen MR) is 54.8 cm³/mol. The second-order valence-electron chi connectivity index (χ2n) is 2.80. The Kier molecular flexibility index (Phi) is 8.23. The van der Waals surface area contributed by atoms with Crippen LogP contribution in [0.2, 0.25) is 0 Å². The van der Waals surface area contributed by atoms with Crippen molar-refractivity contribution in [1.29, 1.82) is 0 Å². The Morgan fingerprint density at radius 1 is 1.33 bits per heavy atom. The standard InChI is InChI=1S/C8H19O6P/c1-3-13-15(11,4-2)14-7-12-6-8(10)5-9/h8-10H,3-7H2,1-2H3. The van der Waals surface area contributed by atoms with Gasteiger partial charge in [-0.3, -0.25) is 9.09 Å². The molecule has 0 rings (SSSR count). The zero-order chi connectivity index (χ0) is 11.7. The van der Waals surface area contributed by atoms with E-state index in [1.807, 2.05) is 0 Å². The van der Waals surface area contributed by atoms with Crippen molar-refractivity contribution in [1.82, 2.24) is 0 Å². The molecule has 0 aromatic rings. The van der Waals surface area contributed by atoms with Crippen molar-refractivity contribution in [3.05, 3.63) is 0 Å². The van der Waals surface area contributed by atoms with E-state index >= 15 is 0 Å². The maximum absolute atomic E-state index is 11.7. The zero-order valence-corrected chi connectivity index (χ0v) is 9.98. The monoisotopic (exact) mass is 242 g/mol. The van der Waals surface area contributed by atoms with Crippen molar-refractivity contribution in [2.75, 3.05) is 32.8 Å². The van der Waals surface area contributed by atoms with Crippen LogP contribution in [0.4, 0.5) is 0 Å². The third-order valence-electron chi connectivity index (χ3n) is 1.57. The van der Waals surface area contributed by atoms with Crippen LogP contribution in [0.1, 0.15) is 13.8 Å². The second-order valence-corrected chi connectivity index (χ2v) is 5.17. The van der Waals surface area contributed by atoms with Gasteiger partial charge in [0.25, 0.3) is 0 Å². The lowest BCUT2D eigenvalue weighted by atomic mass is 10.4. The highest BCUT2D eigenvalue weighted by Crippen LogP contribution is 2.47. The molecule has 2 unspecified atom stereocenters. The van der Waals surface area contributed by atoms with Crippen molar-refractivity contribution >= 4 is 7.60 Å². The Balaban J connectivity index is 3.68. The summed E-state index contributed by atoms with van der Waals surface area (Å²) in [7, 11) is -3.04. The molecule has 0 bridgehead atoms. The van der Waals surface area contributed by atoms with Gasteiger partial charge in [0.15, 0.2) is 6.79 Å². The largest absolute Gasteiger partial charge is 0.394 e. The normalized spacial score (nSPS) is 17.3. The number of ether oxygens (including phenoxy) is 1. The van der Waals surface area contributed by atoms with E-state index in [1.54, 1.807) is 13.8 Å². The fraction of sp³-hybridized carbons (Fsp3) is 1.00. The van der Waals surface area contributed by atoms with Crippen LogP contribution >= 0.6 is 7.60 Å². The molecule has 0 aliphatic rings. The van der Waals surface area contributed by atoms with Crippen LogP contribution in [0, 0.1) is 0 Å². The lowest BCUT2D eigenvalue weighted by molar-refractivity contribution is -0.0477. The van der Waals surface area contributed by atoms with Gasteiger partial charge in [0, 0.05) is 6.16 Å². The number of hydrogen-bond acceptors (Lipinski definition) is 6. The first-order valence-electron chi connectivity index (χ1n) is 4.82. The quantitative estimate of drug-likeness (QED) is 0.349. The first-order chi connectivity index (χ1) is 7.08. The second kappa shape index (κ2) is 8.21. The van der Waals surface area contributed by atoms with E-state index in [9.17, 15) is 4.57 Å². The van der Waals surface area contributed by atoms with Crippen LogP contribution in [-0.2, 0) is 18.3 Å². The van der Waals surface area contributed by atoms with Gasteiger partial charge in [-0.2, -0.15) is 0 Å². The van der Waals surface area contributed by atoms with Gasteiger partial charge in [-0.1, -0.05) is 6.92 Å². The summed E-state index contributed by atoms with van der Waals surface area (Å²) < 4.78 is 26.4. The molecule has 2 N–H and O–H groups in total. The summed E-state index contributed by atoms with van der Waals surface area (Å²) in [5.74, 6) is 0. The van der Waals surface area contributed by atoms with Crippen LogP contribution in [0.3, 0.4) is 0 Å². The summed E-state index contributed by atoms with van der Waals surface area (Å²) in [6, 6.07) is 0. The molecule has 0 aromatic heterocycles. The van der Waals surface area contributed by atoms with Gasteiger partial charge in [0.2, 0.25) is 0 Å². The topological polar surface area (TPSA) is 85.2 Å². The number of rotatable bonds is 9. The highest BCUT2D eigenvalue weighted by molar-refractivity contribution is 7.53. The Morgan fingerprint density at radius 3 is 2.47 bits per heavy atom. The molecule has 0 aliphatic heterocycles. The molecule has 2 atom stereocenters. The molecule has 15 heavy (non-hydrogen) atoms. The Hall–Kier alpha value is 0.0300. The molecule has 6 nitrogen and oxygen atoms in total. The Morgan fingerprint density at radius 2 is 2.00 bits per heavy atom. The molecule has 0 amide bonds. The van der Waals surface area contributed by atoms with Crippen LogP contribution < -0.4 is 0 Å². The highest BCUT2D eigenvalue weighted by atomic mass is 31.2. The molecular weight excluding hydrogens is 223 g/mol. The van der Waals surface area contributed by atoms with Crippen LogP contribution in [-0.4, -0.2) is 49.1 Å². The first kappa shape index (κ1) is 15.0. The van der Waals surface area contributed by atoms with Crippen LogP contribution in [0.15, 0.2) is 0 Å². The molecule has 0 saturated heterocycles. The molecule has 0 aromatic carbocycles. The van der Waals surface area contributed by atoms with Crippen LogP contribution in [0.5, 0.6) is 0 Å². The van der Waals surface area contributed by atoms with Gasteiger partial charge in [-0.25, -0.2) is 0 Å². The van der Waals surface area contributed by atoms with E-state index in [0.717, 1.165) is 0 Å². The van der Waals surface area contributed by atoms with E-state index in [1.165, 1.54) is 0 Å². The summed E-state index contributed by atoms with van der Waals surface area (Å²) in [5.41, 5.74) is 0. The number of aliphatic hydroxyl groups excluding tert-OH is 2. The minimum Gasteiger partial charge on any atom is -0.394 e. The van der Waals surface area contributed by atoms with Gasteiger partial charge < -0.3 is 19.5 Å². The van der Waals surface area contributed by atoms with E-state index in [4.69, 9.17) is 24.0 Å². The lowest BCUT2D eigenvalue weighted by Crippen LogP contribution is -2.20. The van der Waals surface area contributed by atoms with Crippen molar-refractivity contribution in [3.8, 4) is 0 Å². The molecule has 0 radical (unpaired) electrons. The summed E-state index contributed by atoms with van der Waals surface area (Å²) in [6.45, 7) is 3.07. The van der Waals surface area contributed by atoms with E-state index in [-0.39, 0.29) is 26.2 Å². The average Bonchev–Trinajstić information content (AvgIpc) is 2.24. The minimum atomic E-state index is -3.04. The number of aliphatic hydroxyl groups is 2. The smallest absolute Gasteiger partial charge is 0.332 e. The summed E-state index contributed by atoms with van der Waals surface area (Å²) in [4.78, 5) is 0. The third-order valence-corrected chi connectivity index (χ3v) is 3.49. The summed E-state index contributed by atoms with van der Waals surface area (Å²) >= 11 is 0. The zero-order valence-electron chi connectivity index (χ0n) is 9.09. The third kappa shape index (κ3) is 7.00. The van der Waals surface area contributed by atoms with Crippen molar-refractivity contribution < 1.29 is 28.6 Å². The predicted octanol–water partition coefficient (Wildman–Crippen LogP) is 0.580. The minimum absolute atomic E-state index is 0.0632. The van der Waals surface area contributed by atoms with Gasteiger partial charge in [0.1, 0.15) is 6.10 Å². The fourth-order valence-corrected chi connectivity index (χ4v) is 1.84. The SMILES string of the molecule is CCOP(=O)(CC)OCOCC(O)CO. The molecular formula is C8H19O6P. The number of hydrogen-bond donors (Lipinski definition) is 2. The van der Waals surface area contributed by atoms with Gasteiger partial charge in [-0.05, 0) is 6.92 Å². The molecule has 0 saturated carbocycles. The molecule has 7 heteroatoms. The van der Waals surface area contributed by atoms with E-state index < -0.39 is 13.7 Å². The van der Waals surface area contributed by atoms with Gasteiger partial charge >= 0.3 is 7.60 Å². The Labute approximate surface area is 89.7 Å². The summed E-state index contributed by atoms with van der Waals surface area (Å²) in [5, 5.41) is 17.4. The highest BCUT2D eigenvalue weighted by Gasteiger charge is 2.20. The van der Waals surface area contributed by atoms with Crippen molar-refractivity contribution in [2.24, 2.45) is 0 Å². The van der Waals surface area contributed by atoms with Crippen molar-refractivity contribution in [3.63, 3.8) is 0 Å². The summed E-state index contributed by atoms with van der Waals surface area (Å²) in [6.07, 6.45) is -0.672. The molecule has 0 spiro atoms. The lowest BCUT2D eigenvalue weighted by Gasteiger charge is -2.16. The van der Waals surface area contributed by atoms with Crippen LogP contribution in [0.25, 0.3) is 0 Å². The molecule has 0 fully saturated rings. The van der Waals surface area contributed by atoms with E-state index in [0.29, 0.717) is 6.61 Å².